The van der Waals surface area contributed by atoms with Crippen molar-refractivity contribution >= 4 is 28.6 Å². The maximum Gasteiger partial charge on any atom is 0.248 e. The summed E-state index contributed by atoms with van der Waals surface area (Å²) < 4.78 is 1.69. The lowest BCUT2D eigenvalue weighted by Gasteiger charge is -2.05. The first kappa shape index (κ1) is 15.0. The third kappa shape index (κ3) is 3.06. The minimum atomic E-state index is 0.626. The van der Waals surface area contributed by atoms with Crippen LogP contribution in [0.5, 0.6) is 0 Å². The zero-order valence-corrected chi connectivity index (χ0v) is 14.5. The van der Waals surface area contributed by atoms with E-state index in [-0.39, 0.29) is 0 Å². The van der Waals surface area contributed by atoms with Gasteiger partial charge in [0.25, 0.3) is 0 Å². The van der Waals surface area contributed by atoms with Gasteiger partial charge in [-0.25, -0.2) is 4.98 Å². The van der Waals surface area contributed by atoms with Crippen molar-refractivity contribution in [3.8, 4) is 16.3 Å². The molecule has 6 nitrogen and oxygen atoms in total. The minimum Gasteiger partial charge on any atom is -0.348 e. The summed E-state index contributed by atoms with van der Waals surface area (Å²) in [6.45, 7) is 2.69. The van der Waals surface area contributed by atoms with Crippen LogP contribution >= 0.6 is 22.7 Å². The molecular weight excluding hydrogens is 340 g/mol. The van der Waals surface area contributed by atoms with E-state index in [0.29, 0.717) is 12.5 Å². The highest BCUT2D eigenvalue weighted by atomic mass is 32.1. The Balaban J connectivity index is 1.49. The Kier molecular flexibility index (Phi) is 4.06. The van der Waals surface area contributed by atoms with Crippen molar-refractivity contribution in [2.24, 2.45) is 0 Å². The number of thiophene rings is 1. The smallest absolute Gasteiger partial charge is 0.248 e. The van der Waals surface area contributed by atoms with E-state index in [1.807, 2.05) is 37.3 Å². The van der Waals surface area contributed by atoms with E-state index in [1.165, 1.54) is 9.75 Å². The van der Waals surface area contributed by atoms with Crippen LogP contribution in [-0.4, -0.2) is 25.2 Å². The predicted molar refractivity (Wildman–Crippen MR) is 96.6 cm³/mol. The summed E-state index contributed by atoms with van der Waals surface area (Å²) >= 11 is 3.40. The number of para-hydroxylation sites is 1. The molecule has 0 unspecified atom stereocenters. The zero-order chi connectivity index (χ0) is 16.4. The molecule has 0 bridgehead atoms. The Morgan fingerprint density at radius 3 is 2.79 bits per heavy atom. The topological polar surface area (TPSA) is 68.5 Å². The molecule has 0 aliphatic heterocycles. The van der Waals surface area contributed by atoms with Crippen molar-refractivity contribution in [1.82, 2.24) is 25.2 Å². The molecule has 0 atom stereocenters. The molecule has 4 rings (SSSR count). The number of anilines is 1. The van der Waals surface area contributed by atoms with E-state index in [1.54, 1.807) is 27.4 Å². The Hall–Kier alpha value is -2.58. The third-order valence-electron chi connectivity index (χ3n) is 3.42. The van der Waals surface area contributed by atoms with Crippen LogP contribution in [0.15, 0.2) is 47.8 Å². The van der Waals surface area contributed by atoms with Gasteiger partial charge in [-0.2, -0.15) is 4.68 Å². The summed E-state index contributed by atoms with van der Waals surface area (Å²) in [7, 11) is 0. The van der Waals surface area contributed by atoms with E-state index in [9.17, 15) is 0 Å². The quantitative estimate of drug-likeness (QED) is 0.591. The number of nitrogens with zero attached hydrogens (tertiary/aromatic N) is 5. The number of rotatable bonds is 5. The third-order valence-corrected chi connectivity index (χ3v) is 5.31. The number of nitrogens with one attached hydrogen (secondary N) is 1. The molecule has 120 valence electrons. The molecule has 0 saturated heterocycles. The normalized spacial score (nSPS) is 10.9. The number of aryl methyl sites for hydroxylation is 1. The van der Waals surface area contributed by atoms with Crippen LogP contribution in [0.4, 0.5) is 5.95 Å². The molecule has 0 aliphatic rings. The molecule has 8 heteroatoms. The van der Waals surface area contributed by atoms with Gasteiger partial charge >= 0.3 is 0 Å². The van der Waals surface area contributed by atoms with Crippen LogP contribution in [-0.2, 0) is 6.54 Å². The number of benzene rings is 1. The van der Waals surface area contributed by atoms with Crippen LogP contribution in [0.25, 0.3) is 16.3 Å². The summed E-state index contributed by atoms with van der Waals surface area (Å²) in [5.41, 5.74) is 1.97. The first-order valence-corrected chi connectivity index (χ1v) is 9.08. The monoisotopic (exact) mass is 354 g/mol. The molecule has 0 saturated carbocycles. The summed E-state index contributed by atoms with van der Waals surface area (Å²) in [6.07, 6.45) is 0. The molecule has 0 radical (unpaired) electrons. The maximum absolute atomic E-state index is 4.53. The molecule has 0 fully saturated rings. The fraction of sp³-hybridized carbons (Fsp3) is 0.125. The molecule has 1 N–H and O–H groups in total. The highest BCUT2D eigenvalue weighted by molar-refractivity contribution is 7.16. The Bertz CT molecular complexity index is 940. The fourth-order valence-corrected chi connectivity index (χ4v) is 3.89. The number of thiazole rings is 1. The van der Waals surface area contributed by atoms with Crippen molar-refractivity contribution in [2.45, 2.75) is 13.5 Å². The van der Waals surface area contributed by atoms with Gasteiger partial charge in [0.1, 0.15) is 0 Å². The summed E-state index contributed by atoms with van der Waals surface area (Å²) in [5, 5.41) is 18.3. The van der Waals surface area contributed by atoms with E-state index in [4.69, 9.17) is 0 Å². The lowest BCUT2D eigenvalue weighted by atomic mass is 10.3. The van der Waals surface area contributed by atoms with Crippen molar-refractivity contribution in [1.29, 1.82) is 0 Å². The van der Waals surface area contributed by atoms with Crippen LogP contribution in [0.3, 0.4) is 0 Å². The zero-order valence-electron chi connectivity index (χ0n) is 12.9. The number of hydrogen-bond donors (Lipinski definition) is 1. The van der Waals surface area contributed by atoms with Gasteiger partial charge in [0, 0.05) is 10.3 Å². The summed E-state index contributed by atoms with van der Waals surface area (Å²) in [6, 6.07) is 14.0. The fourth-order valence-electron chi connectivity index (χ4n) is 2.29. The van der Waals surface area contributed by atoms with Gasteiger partial charge in [-0.3, -0.25) is 0 Å². The van der Waals surface area contributed by atoms with E-state index in [2.05, 4.69) is 43.3 Å². The second-order valence-corrected chi connectivity index (χ2v) is 7.35. The first-order valence-electron chi connectivity index (χ1n) is 7.38. The molecular formula is C16H14N6S2. The van der Waals surface area contributed by atoms with Crippen molar-refractivity contribution < 1.29 is 0 Å². The standard InChI is InChI=1S/C16H14N6S2/c1-11-18-14(10-23-11)15-8-7-13(24-15)9-17-16-19-20-21-22(16)12-5-3-2-4-6-12/h2-8,10H,9H2,1H3,(H,17,19,21). The molecule has 3 aromatic heterocycles. The number of aromatic nitrogens is 5. The van der Waals surface area contributed by atoms with Gasteiger partial charge in [0.05, 0.1) is 27.8 Å². The Labute approximate surface area is 146 Å². The van der Waals surface area contributed by atoms with Crippen LogP contribution < -0.4 is 5.32 Å². The maximum atomic E-state index is 4.53. The lowest BCUT2D eigenvalue weighted by molar-refractivity contribution is 0.789. The molecule has 4 aromatic rings. The average molecular weight is 354 g/mol. The number of tetrazole rings is 1. The van der Waals surface area contributed by atoms with Gasteiger partial charge in [-0.15, -0.1) is 22.7 Å². The van der Waals surface area contributed by atoms with Gasteiger partial charge in [0.15, 0.2) is 0 Å². The van der Waals surface area contributed by atoms with Crippen molar-refractivity contribution in [3.63, 3.8) is 0 Å². The minimum absolute atomic E-state index is 0.626. The SMILES string of the molecule is Cc1nc(-c2ccc(CNc3nnnn3-c3ccccc3)s2)cs1. The van der Waals surface area contributed by atoms with E-state index in [0.717, 1.165) is 16.4 Å². The molecule has 1 aromatic carbocycles. The highest BCUT2D eigenvalue weighted by Crippen LogP contribution is 2.29. The van der Waals surface area contributed by atoms with Gasteiger partial charge in [0.2, 0.25) is 5.95 Å². The van der Waals surface area contributed by atoms with Crippen LogP contribution in [0.1, 0.15) is 9.88 Å². The highest BCUT2D eigenvalue weighted by Gasteiger charge is 2.09. The van der Waals surface area contributed by atoms with Crippen molar-refractivity contribution in [3.05, 3.63) is 57.7 Å². The lowest BCUT2D eigenvalue weighted by Crippen LogP contribution is -2.06. The van der Waals surface area contributed by atoms with Crippen LogP contribution in [0, 0.1) is 6.92 Å². The summed E-state index contributed by atoms with van der Waals surface area (Å²) in [5.74, 6) is 0.626. The molecule has 0 spiro atoms. The summed E-state index contributed by atoms with van der Waals surface area (Å²) in [4.78, 5) is 6.92. The Morgan fingerprint density at radius 1 is 1.12 bits per heavy atom. The van der Waals surface area contributed by atoms with E-state index >= 15 is 0 Å². The second kappa shape index (κ2) is 6.50. The average Bonchev–Trinajstić information content (AvgIpc) is 3.34. The largest absolute Gasteiger partial charge is 0.348 e. The van der Waals surface area contributed by atoms with Gasteiger partial charge in [-0.05, 0) is 41.6 Å². The predicted octanol–water partition coefficient (Wildman–Crippen LogP) is 3.77. The van der Waals surface area contributed by atoms with Gasteiger partial charge < -0.3 is 5.32 Å². The molecule has 0 aliphatic carbocycles. The second-order valence-electron chi connectivity index (χ2n) is 5.12. The first-order chi connectivity index (χ1) is 11.8. The molecule has 3 heterocycles. The van der Waals surface area contributed by atoms with Crippen LogP contribution in [0.2, 0.25) is 0 Å². The Morgan fingerprint density at radius 2 is 2.00 bits per heavy atom. The van der Waals surface area contributed by atoms with E-state index < -0.39 is 0 Å². The number of hydrogen-bond acceptors (Lipinski definition) is 7. The molecule has 0 amide bonds. The van der Waals surface area contributed by atoms with Gasteiger partial charge in [-0.1, -0.05) is 23.3 Å². The molecule has 24 heavy (non-hydrogen) atoms. The van der Waals surface area contributed by atoms with Crippen molar-refractivity contribution in [2.75, 3.05) is 5.32 Å².